The smallest absolute Gasteiger partial charge is 0.101 e. The van der Waals surface area contributed by atoms with E-state index in [0.717, 1.165) is 11.0 Å². The molecule has 0 fully saturated rings. The number of nitrogens with zero attached hydrogens (tertiary/aromatic N) is 1. The number of aliphatic hydroxyl groups excluding tert-OH is 1. The fraction of sp³-hybridized carbons (Fsp3) is 0.857. The van der Waals surface area contributed by atoms with Gasteiger partial charge >= 0.3 is 0 Å². The predicted octanol–water partition coefficient (Wildman–Crippen LogP) is -0.971. The fourth-order valence-electron chi connectivity index (χ4n) is 0.300. The van der Waals surface area contributed by atoms with Gasteiger partial charge in [-0.25, -0.2) is 0 Å². The van der Waals surface area contributed by atoms with Gasteiger partial charge in [0.25, 0.3) is 0 Å². The van der Waals surface area contributed by atoms with E-state index in [1.165, 1.54) is 6.92 Å². The zero-order valence-corrected chi connectivity index (χ0v) is 7.72. The summed E-state index contributed by atoms with van der Waals surface area (Å²) in [7, 11) is 6.16. The van der Waals surface area contributed by atoms with Crippen LogP contribution in [0.4, 0.5) is 0 Å². The van der Waals surface area contributed by atoms with Crippen molar-refractivity contribution in [3.05, 3.63) is 0 Å². The van der Waals surface area contributed by atoms with Gasteiger partial charge < -0.3 is 20.1 Å². The van der Waals surface area contributed by atoms with Crippen LogP contribution in [-0.2, 0) is 0 Å². The summed E-state index contributed by atoms with van der Waals surface area (Å²) in [5.74, 6) is -0.583. The molecular formula is C7H18N2O2. The average Bonchev–Trinajstić information content (AvgIpc) is 1.58. The van der Waals surface area contributed by atoms with Crippen LogP contribution >= 0.6 is 0 Å². The lowest BCUT2D eigenvalue weighted by Crippen LogP contribution is -2.36. The summed E-state index contributed by atoms with van der Waals surface area (Å²) < 4.78 is 0.844. The van der Waals surface area contributed by atoms with Crippen LogP contribution in [0.1, 0.15) is 6.92 Å². The van der Waals surface area contributed by atoms with Crippen molar-refractivity contribution < 1.29 is 14.7 Å². The quantitative estimate of drug-likeness (QED) is 0.311. The van der Waals surface area contributed by atoms with Gasteiger partial charge in [0, 0.05) is 0 Å². The standard InChI is InChI=1S/C5H14NO.C2H5NO/c1-6(2,3)4-5-7;1-2(3)4/h7H,4-5H2,1-3H3;1H3,(H2,3,4)/q+1;/p-1. The second-order valence-corrected chi connectivity index (χ2v) is 3.29. The Balaban J connectivity index is 0. The zero-order valence-electron chi connectivity index (χ0n) is 7.72. The van der Waals surface area contributed by atoms with E-state index in [1.807, 2.05) is 0 Å². The lowest BCUT2D eigenvalue weighted by atomic mass is 10.5. The molecular weight excluding hydrogens is 144 g/mol. The van der Waals surface area contributed by atoms with Crippen LogP contribution in [0.2, 0.25) is 0 Å². The Kier molecular flexibility index (Phi) is 7.24. The van der Waals surface area contributed by atoms with E-state index in [-0.39, 0.29) is 6.61 Å². The lowest BCUT2D eigenvalue weighted by Gasteiger charge is -2.21. The number of quaternary nitrogens is 1. The van der Waals surface area contributed by atoms with Crippen molar-refractivity contribution in [3.8, 4) is 0 Å². The molecule has 0 heterocycles. The normalized spacial score (nSPS) is 9.91. The fourth-order valence-corrected chi connectivity index (χ4v) is 0.300. The molecule has 2 N–H and O–H groups in total. The highest BCUT2D eigenvalue weighted by atomic mass is 16.3. The van der Waals surface area contributed by atoms with Gasteiger partial charge in [0.05, 0.1) is 27.7 Å². The van der Waals surface area contributed by atoms with Crippen molar-refractivity contribution in [2.75, 3.05) is 34.3 Å². The first kappa shape index (κ1) is 13.0. The molecule has 11 heavy (non-hydrogen) atoms. The molecule has 4 heteroatoms. The topological polar surface area (TPSA) is 67.1 Å². The van der Waals surface area contributed by atoms with Crippen molar-refractivity contribution in [1.29, 1.82) is 5.41 Å². The summed E-state index contributed by atoms with van der Waals surface area (Å²) in [5, 5.41) is 23.4. The molecule has 0 atom stereocenters. The molecule has 0 unspecified atom stereocenters. The van der Waals surface area contributed by atoms with Crippen molar-refractivity contribution in [2.24, 2.45) is 0 Å². The number of rotatable bonds is 2. The minimum atomic E-state index is -0.583. The minimum absolute atomic E-state index is 0.281. The maximum Gasteiger partial charge on any atom is 0.101 e. The Bertz CT molecular complexity index is 103. The van der Waals surface area contributed by atoms with Gasteiger partial charge in [-0.3, -0.25) is 0 Å². The van der Waals surface area contributed by atoms with E-state index in [9.17, 15) is 0 Å². The monoisotopic (exact) mass is 162 g/mol. The average molecular weight is 162 g/mol. The number of likely N-dealkylation sites (N-methyl/N-ethyl adjacent to an activating group) is 1. The van der Waals surface area contributed by atoms with Crippen molar-refractivity contribution in [1.82, 2.24) is 0 Å². The third kappa shape index (κ3) is 44.6. The van der Waals surface area contributed by atoms with Crippen molar-refractivity contribution >= 4 is 5.90 Å². The van der Waals surface area contributed by atoms with Crippen LogP contribution in [-0.4, -0.2) is 49.8 Å². The third-order valence-corrected chi connectivity index (χ3v) is 0.771. The molecule has 0 saturated carbocycles. The van der Waals surface area contributed by atoms with E-state index in [1.54, 1.807) is 0 Å². The first-order valence-corrected chi connectivity index (χ1v) is 3.43. The van der Waals surface area contributed by atoms with Gasteiger partial charge in [0.1, 0.15) is 6.54 Å². The second kappa shape index (κ2) is 6.12. The second-order valence-electron chi connectivity index (χ2n) is 3.29. The minimum Gasteiger partial charge on any atom is -0.862 e. The van der Waals surface area contributed by atoms with Crippen LogP contribution in [0.5, 0.6) is 0 Å². The number of hydrogen-bond donors (Lipinski definition) is 2. The predicted molar refractivity (Wildman–Crippen MR) is 43.4 cm³/mol. The summed E-state index contributed by atoms with van der Waals surface area (Å²) in [6, 6.07) is 0. The summed E-state index contributed by atoms with van der Waals surface area (Å²) in [5.41, 5.74) is 0. The van der Waals surface area contributed by atoms with Crippen LogP contribution < -0.4 is 5.11 Å². The number of nitrogens with one attached hydrogen (secondary N) is 1. The third-order valence-electron chi connectivity index (χ3n) is 0.771. The van der Waals surface area contributed by atoms with E-state index in [0.29, 0.717) is 0 Å². The molecule has 0 saturated heterocycles. The molecule has 0 rings (SSSR count). The van der Waals surface area contributed by atoms with Gasteiger partial charge in [-0.05, 0) is 12.8 Å². The highest BCUT2D eigenvalue weighted by molar-refractivity contribution is 5.63. The molecule has 0 aromatic carbocycles. The highest BCUT2D eigenvalue weighted by Crippen LogP contribution is 1.84. The van der Waals surface area contributed by atoms with E-state index in [4.69, 9.17) is 15.6 Å². The molecule has 0 bridgehead atoms. The lowest BCUT2D eigenvalue weighted by molar-refractivity contribution is -0.870. The first-order chi connectivity index (χ1) is 4.79. The Hall–Kier alpha value is -0.610. The van der Waals surface area contributed by atoms with Gasteiger partial charge in [-0.1, -0.05) is 0 Å². The summed E-state index contributed by atoms with van der Waals surface area (Å²) >= 11 is 0. The SMILES string of the molecule is CC(=N)[O-].C[N+](C)(C)CCO. The molecule has 0 aliphatic heterocycles. The molecule has 4 nitrogen and oxygen atoms in total. The maximum absolute atomic E-state index is 9.11. The molecule has 0 aromatic rings. The molecule has 0 spiro atoms. The molecule has 0 aromatic heterocycles. The Morgan fingerprint density at radius 2 is 1.73 bits per heavy atom. The van der Waals surface area contributed by atoms with E-state index < -0.39 is 5.90 Å². The molecule has 0 aliphatic rings. The van der Waals surface area contributed by atoms with E-state index >= 15 is 0 Å². The van der Waals surface area contributed by atoms with Crippen LogP contribution in [0, 0.1) is 5.41 Å². The molecule has 0 amide bonds. The first-order valence-electron chi connectivity index (χ1n) is 3.43. The van der Waals surface area contributed by atoms with Gasteiger partial charge in [0.2, 0.25) is 0 Å². The van der Waals surface area contributed by atoms with Gasteiger partial charge in [-0.15, -0.1) is 0 Å². The number of hydrogen-bond acceptors (Lipinski definition) is 3. The Labute approximate surface area is 68.2 Å². The van der Waals surface area contributed by atoms with Crippen LogP contribution in [0.25, 0.3) is 0 Å². The van der Waals surface area contributed by atoms with Crippen molar-refractivity contribution in [3.63, 3.8) is 0 Å². The molecule has 68 valence electrons. The van der Waals surface area contributed by atoms with Gasteiger partial charge in [-0.2, -0.15) is 0 Å². The Morgan fingerprint density at radius 3 is 1.73 bits per heavy atom. The highest BCUT2D eigenvalue weighted by Gasteiger charge is 2.02. The molecule has 0 radical (unpaired) electrons. The van der Waals surface area contributed by atoms with Crippen LogP contribution in [0.3, 0.4) is 0 Å². The molecule has 0 aliphatic carbocycles. The summed E-state index contributed by atoms with van der Waals surface area (Å²) in [6.45, 7) is 2.31. The zero-order chi connectivity index (χ0) is 9.49. The van der Waals surface area contributed by atoms with Crippen LogP contribution in [0.15, 0.2) is 0 Å². The maximum atomic E-state index is 9.11. The summed E-state index contributed by atoms with van der Waals surface area (Å²) in [4.78, 5) is 0. The van der Waals surface area contributed by atoms with E-state index in [2.05, 4.69) is 21.1 Å². The summed E-state index contributed by atoms with van der Waals surface area (Å²) in [6.07, 6.45) is 0. The Morgan fingerprint density at radius 1 is 1.45 bits per heavy atom. The number of aliphatic hydroxyl groups is 1. The largest absolute Gasteiger partial charge is 0.862 e. The van der Waals surface area contributed by atoms with Crippen molar-refractivity contribution in [2.45, 2.75) is 6.92 Å². The van der Waals surface area contributed by atoms with Gasteiger partial charge in [0.15, 0.2) is 0 Å².